The molecule has 9 aromatic rings. The van der Waals surface area contributed by atoms with E-state index < -0.39 is 47.2 Å². The van der Waals surface area contributed by atoms with Gasteiger partial charge in [0.1, 0.15) is 39.6 Å². The number of carbonyl (C=O) groups excluding carboxylic acids is 6. The lowest BCUT2D eigenvalue weighted by molar-refractivity contribution is -0.389. The molecule has 6 bridgehead atoms. The minimum Gasteiger partial charge on any atom is -0.444 e. The van der Waals surface area contributed by atoms with Crippen LogP contribution in [0.2, 0.25) is 0 Å². The van der Waals surface area contributed by atoms with E-state index in [0.29, 0.717) is 104 Å². The minimum absolute atomic E-state index is 0.0386. The quantitative estimate of drug-likeness (QED) is 0.0270. The van der Waals surface area contributed by atoms with Crippen LogP contribution in [-0.2, 0) is 34.8 Å². The van der Waals surface area contributed by atoms with Crippen LogP contribution in [0.3, 0.4) is 0 Å². The number of hydrogen-bond donors (Lipinski definition) is 2. The third-order valence-electron chi connectivity index (χ3n) is 26.4. The van der Waals surface area contributed by atoms with Crippen LogP contribution in [0.25, 0.3) is 33.1 Å². The second-order valence-electron chi connectivity index (χ2n) is 41.3. The van der Waals surface area contributed by atoms with Gasteiger partial charge in [-0.1, -0.05) is 50.3 Å². The fourth-order valence-corrected chi connectivity index (χ4v) is 21.8. The first kappa shape index (κ1) is 110. The Morgan fingerprint density at radius 1 is 0.476 bits per heavy atom. The number of likely N-dealkylation sites (tertiary alicyclic amines) is 3. The van der Waals surface area contributed by atoms with Crippen molar-refractivity contribution in [3.8, 4) is 0 Å². The SMILES string of the molecule is CC(=O)c1c(C)c2cnc(S(C)(=O)=O)nc2n(C2CCCC2)c1=O.CC(=O)c1c(C)c2cnc(S(C)=O)nc2n(C2CCCC2)c1=O.CC(C)(C)OC(=O)N1CC2CC(C1)CN(c1ccc(N)nc1)C2.CC(C)(C)OC(=O)N1CC2CC(C1)CN(c1ccc([N+](=O)[O-])nc1)C2.CC(C)(C)OC(=O)N1CC2CNCC(C2)C1.CSc1ncc2c(C)c(C(C)=O)c(=O)n(C3CCCC3)c2n1.O=[N+]([O-])c1ccc(Br)cn1. The number of nitrogens with zero attached hydrogens (tertiary/aromatic N) is 19. The summed E-state index contributed by atoms with van der Waals surface area (Å²) in [6.45, 7) is 36.7. The van der Waals surface area contributed by atoms with Crippen molar-refractivity contribution < 1.29 is 65.5 Å². The first-order chi connectivity index (χ1) is 67.3. The van der Waals surface area contributed by atoms with Crippen LogP contribution in [0.5, 0.6) is 0 Å². The summed E-state index contributed by atoms with van der Waals surface area (Å²) in [5, 5.41) is 26.7. The zero-order chi connectivity index (χ0) is 104. The molecule has 772 valence electrons. The van der Waals surface area contributed by atoms with Crippen molar-refractivity contribution in [3.63, 3.8) is 0 Å². The molecule has 3 saturated carbocycles. The molecule has 18 rings (SSSR count). The molecule has 143 heavy (non-hydrogen) atoms. The fourth-order valence-electron chi connectivity index (χ4n) is 20.4. The van der Waals surface area contributed by atoms with Crippen molar-refractivity contribution in [2.75, 3.05) is 113 Å². The number of hydrogen-bond acceptors (Lipinski definition) is 33. The highest BCUT2D eigenvalue weighted by molar-refractivity contribution is 9.10. The van der Waals surface area contributed by atoms with Gasteiger partial charge in [0.2, 0.25) is 20.2 Å². The minimum atomic E-state index is -3.59. The normalized spacial score (nSPS) is 19.8. The van der Waals surface area contributed by atoms with Crippen molar-refractivity contribution in [3.05, 3.63) is 163 Å². The number of rotatable bonds is 13. The number of carbonyl (C=O) groups is 6. The van der Waals surface area contributed by atoms with Gasteiger partial charge in [-0.2, -0.15) is 4.98 Å². The van der Waals surface area contributed by atoms with Crippen molar-refractivity contribution in [2.45, 2.75) is 251 Å². The predicted octanol–water partition coefficient (Wildman–Crippen LogP) is 15.4. The number of nitrogens with one attached hydrogen (secondary N) is 1. The number of thioether (sulfide) groups is 1. The Kier molecular flexibility index (Phi) is 36.1. The Balaban J connectivity index is 0.000000151. The van der Waals surface area contributed by atoms with Gasteiger partial charge < -0.3 is 70.0 Å². The van der Waals surface area contributed by atoms with E-state index in [1.54, 1.807) is 53.7 Å². The van der Waals surface area contributed by atoms with Crippen LogP contribution in [0.4, 0.5) is 43.2 Å². The number of aromatic nitrogens is 12. The molecule has 0 spiro atoms. The van der Waals surface area contributed by atoms with Crippen LogP contribution in [0.1, 0.15) is 245 Å². The zero-order valence-corrected chi connectivity index (χ0v) is 88.7. The van der Waals surface area contributed by atoms with Crippen LogP contribution >= 0.6 is 27.7 Å². The number of aryl methyl sites for hydroxylation is 3. The summed E-state index contributed by atoms with van der Waals surface area (Å²) in [5.41, 5.74) is 9.32. The number of ether oxygens (including phenoxy) is 3. The second-order valence-corrected chi connectivity index (χ2v) is 46.2. The number of nitro groups is 2. The molecular weight excluding hydrogens is 1960 g/mol. The van der Waals surface area contributed by atoms with Crippen LogP contribution < -0.4 is 37.5 Å². The largest absolute Gasteiger partial charge is 0.444 e. The zero-order valence-electron chi connectivity index (χ0n) is 84.7. The number of sulfone groups is 1. The molecule has 3 aliphatic carbocycles. The number of amides is 3. The van der Waals surface area contributed by atoms with E-state index in [2.05, 4.69) is 75.9 Å². The average Bonchev–Trinajstić information content (AvgIpc) is 1.69. The predicted molar refractivity (Wildman–Crippen MR) is 549 cm³/mol. The molecule has 7 unspecified atom stereocenters. The van der Waals surface area contributed by atoms with Gasteiger partial charge >= 0.3 is 29.9 Å². The maximum absolute atomic E-state index is 12.9. The third-order valence-corrected chi connectivity index (χ3v) is 29.0. The van der Waals surface area contributed by atoms with Gasteiger partial charge in [-0.05, 0) is 293 Å². The maximum atomic E-state index is 12.9. The van der Waals surface area contributed by atoms with Crippen molar-refractivity contribution in [1.29, 1.82) is 0 Å². The maximum Gasteiger partial charge on any atom is 0.410 e. The van der Waals surface area contributed by atoms with Gasteiger partial charge in [0, 0.05) is 143 Å². The van der Waals surface area contributed by atoms with E-state index in [-0.39, 0.29) is 109 Å². The lowest BCUT2D eigenvalue weighted by Gasteiger charge is -2.46. The first-order valence-electron chi connectivity index (χ1n) is 48.4. The molecule has 44 heteroatoms. The smallest absolute Gasteiger partial charge is 0.410 e. The summed E-state index contributed by atoms with van der Waals surface area (Å²) >= 11 is 4.56. The van der Waals surface area contributed by atoms with E-state index in [4.69, 9.17) is 19.9 Å². The molecule has 40 nitrogen and oxygen atoms in total. The average molecular weight is 2100 g/mol. The summed E-state index contributed by atoms with van der Waals surface area (Å²) in [5.74, 6) is 2.45. The molecule has 3 N–H and O–H groups in total. The molecule has 9 aliphatic rings. The third kappa shape index (κ3) is 28.3. The summed E-state index contributed by atoms with van der Waals surface area (Å²) in [6, 6.07) is 10.1. The summed E-state index contributed by atoms with van der Waals surface area (Å²) in [7, 11) is -4.92. The highest BCUT2D eigenvalue weighted by atomic mass is 79.9. The molecule has 15 heterocycles. The van der Waals surface area contributed by atoms with Crippen LogP contribution in [0, 0.1) is 76.5 Å². The summed E-state index contributed by atoms with van der Waals surface area (Å²) in [4.78, 5) is 178. The number of anilines is 3. The molecule has 0 radical (unpaired) electrons. The lowest BCUT2D eigenvalue weighted by atomic mass is 9.84. The fraction of sp³-hybridized carbons (Fsp3) is 0.576. The van der Waals surface area contributed by atoms with Gasteiger partial charge in [-0.15, -0.1) is 0 Å². The molecule has 0 aromatic carbocycles. The van der Waals surface area contributed by atoms with Gasteiger partial charge in [0.05, 0.1) is 49.5 Å². The molecule has 6 aliphatic heterocycles. The monoisotopic (exact) mass is 2090 g/mol. The Labute approximate surface area is 846 Å². The summed E-state index contributed by atoms with van der Waals surface area (Å²) in [6.07, 6.45) is 28.6. The van der Waals surface area contributed by atoms with E-state index in [9.17, 15) is 76.0 Å². The molecule has 9 fully saturated rings. The Bertz CT molecular complexity index is 6510. The number of fused-ring (bicyclic) bond motifs is 9. The Morgan fingerprint density at radius 2 is 0.811 bits per heavy atom. The highest BCUT2D eigenvalue weighted by Gasteiger charge is 2.42. The van der Waals surface area contributed by atoms with Gasteiger partial charge in [0.25, 0.3) is 16.7 Å². The number of piperidine rings is 6. The molecule has 3 amide bonds. The van der Waals surface area contributed by atoms with Gasteiger partial charge in [-0.25, -0.2) is 52.7 Å². The van der Waals surface area contributed by atoms with Crippen molar-refractivity contribution in [1.82, 2.24) is 78.6 Å². The standard InChI is InChI=1S/C17H24N4O4.C17H26N4O2.C16H19N3O4S.C16H19N3O3S.C16H19N3O2S.C12H22N2O2.C5H3BrN2O2/c1-17(2,3)25-16(22)20-10-12-6-13(11-20)9-19(8-12)14-4-5-15(18-7-14)21(23)24;1-17(2,3)23-16(22)21-10-12-6-13(11-21)9-20(8-12)14-4-5-15(18)19-7-14;1-9-12-8-17-16(24(3,22)23)18-14(12)19(11-6-4-5-7-11)15(21)13(9)10(2)20;1-9-12-8-17-16(23(3)22)18-14(12)19(11-6-4-5-7-11)15(21)13(9)10(2)20;1-9-12-8-17-16(22-3)18-14(12)19(11-6-4-5-7-11)15(21)13(9)10(2)20;1-12(2,3)16-11(15)14-7-9-4-10(8-14)6-13-5-9;6-4-1-2-5(7-3-4)8(9)10/h4-5,7,12-13H,6,8-11H2,1-3H3;4-5,7,12-13H,6,8-11H2,1-3H3,(H2,18,19);8,11H,4-7H2,1-3H3;8,11H,4-7H2,1-3H3;8,11H,4-7H2,1-3H3;9-10,13H,4-8H2,1-3H3;1-3H. The first-order valence-corrected chi connectivity index (χ1v) is 53.9. The topological polar surface area (TPSA) is 504 Å². The summed E-state index contributed by atoms with van der Waals surface area (Å²) < 4.78 is 57.3. The Morgan fingerprint density at radius 3 is 1.13 bits per heavy atom. The second kappa shape index (κ2) is 46.9. The number of ketones is 3. The van der Waals surface area contributed by atoms with Crippen LogP contribution in [-0.4, -0.2) is 245 Å². The number of nitrogen functional groups attached to an aromatic ring is 1. The number of halogens is 1. The Hall–Kier alpha value is -11.8. The van der Waals surface area contributed by atoms with Crippen molar-refractivity contribution in [2.24, 2.45) is 35.5 Å². The number of Topliss-reactive ketones (excluding diaryl/α,β-unsaturated/α-hetero) is 3. The van der Waals surface area contributed by atoms with E-state index in [1.165, 1.54) is 80.7 Å². The molecule has 6 saturated heterocycles. The molecular formula is C99H132BrN21O19S3. The highest BCUT2D eigenvalue weighted by Crippen LogP contribution is 2.39. The van der Waals surface area contributed by atoms with Gasteiger partial charge in [-0.3, -0.25) is 46.7 Å². The van der Waals surface area contributed by atoms with Crippen LogP contribution in [0.15, 0.2) is 108 Å². The van der Waals surface area contributed by atoms with E-state index in [1.807, 2.05) is 109 Å². The van der Waals surface area contributed by atoms with Crippen molar-refractivity contribution >= 4 is 146 Å². The lowest BCUT2D eigenvalue weighted by Crippen LogP contribution is -2.55. The van der Waals surface area contributed by atoms with E-state index >= 15 is 0 Å². The molecule has 7 atom stereocenters. The molecule has 9 aromatic heterocycles. The number of nitrogens with two attached hydrogens (primary N) is 1. The van der Waals surface area contributed by atoms with Gasteiger partial charge in [0.15, 0.2) is 34.9 Å². The number of pyridine rings is 6. The van der Waals surface area contributed by atoms with E-state index in [0.717, 1.165) is 176 Å².